The molecule has 0 radical (unpaired) electrons. The van der Waals surface area contributed by atoms with E-state index in [1.54, 1.807) is 0 Å². The highest BCUT2D eigenvalue weighted by Crippen LogP contribution is 2.30. The number of nitrogens with zero attached hydrogens (tertiary/aromatic N) is 2. The van der Waals surface area contributed by atoms with Gasteiger partial charge in [-0.25, -0.2) is 0 Å². The molecule has 0 bridgehead atoms. The van der Waals surface area contributed by atoms with E-state index in [0.29, 0.717) is 11.7 Å². The van der Waals surface area contributed by atoms with Crippen LogP contribution < -0.4 is 5.73 Å². The van der Waals surface area contributed by atoms with Crippen LogP contribution in [0.5, 0.6) is 0 Å². The van der Waals surface area contributed by atoms with Crippen molar-refractivity contribution in [2.75, 3.05) is 0 Å². The van der Waals surface area contributed by atoms with E-state index in [1.165, 1.54) is 0 Å². The molecule has 84 valence electrons. The maximum atomic E-state index is 5.43. The smallest absolute Gasteiger partial charge is 0.240 e. The van der Waals surface area contributed by atoms with Gasteiger partial charge in [-0.1, -0.05) is 16.8 Å². The van der Waals surface area contributed by atoms with Crippen molar-refractivity contribution in [3.63, 3.8) is 0 Å². The SMILES string of the molecule is Cc1cc(C)c(Br)c(-c2noc(CN)n2)c1. The lowest BCUT2D eigenvalue weighted by Crippen LogP contribution is -1.96. The van der Waals surface area contributed by atoms with Crippen molar-refractivity contribution < 1.29 is 4.52 Å². The van der Waals surface area contributed by atoms with Gasteiger partial charge in [0, 0.05) is 10.0 Å². The van der Waals surface area contributed by atoms with Crippen molar-refractivity contribution in [2.45, 2.75) is 20.4 Å². The molecule has 1 heterocycles. The van der Waals surface area contributed by atoms with E-state index in [0.717, 1.165) is 21.2 Å². The van der Waals surface area contributed by atoms with Crippen LogP contribution in [0.1, 0.15) is 17.0 Å². The Morgan fingerprint density at radius 3 is 2.75 bits per heavy atom. The zero-order chi connectivity index (χ0) is 11.7. The normalized spacial score (nSPS) is 10.8. The molecule has 0 spiro atoms. The molecular formula is C11H12BrN3O. The van der Waals surface area contributed by atoms with Crippen LogP contribution in [-0.4, -0.2) is 10.1 Å². The van der Waals surface area contributed by atoms with Crippen LogP contribution in [0.4, 0.5) is 0 Å². The van der Waals surface area contributed by atoms with Gasteiger partial charge in [0.05, 0.1) is 6.54 Å². The van der Waals surface area contributed by atoms with Crippen LogP contribution in [0.25, 0.3) is 11.4 Å². The maximum absolute atomic E-state index is 5.43. The molecule has 2 N–H and O–H groups in total. The standard InChI is InChI=1S/C11H12BrN3O/c1-6-3-7(2)10(12)8(4-6)11-14-9(5-13)16-15-11/h3-4H,5,13H2,1-2H3. The lowest BCUT2D eigenvalue weighted by Gasteiger charge is -2.05. The summed E-state index contributed by atoms with van der Waals surface area (Å²) in [6, 6.07) is 4.11. The molecular weight excluding hydrogens is 270 g/mol. The Bertz CT molecular complexity index is 522. The van der Waals surface area contributed by atoms with E-state index in [2.05, 4.69) is 32.1 Å². The van der Waals surface area contributed by atoms with Gasteiger partial charge in [0.1, 0.15) is 0 Å². The number of rotatable bonds is 2. The Hall–Kier alpha value is -1.20. The van der Waals surface area contributed by atoms with Crippen LogP contribution in [-0.2, 0) is 6.54 Å². The minimum atomic E-state index is 0.259. The Morgan fingerprint density at radius 2 is 2.12 bits per heavy atom. The first-order chi connectivity index (χ1) is 7.61. The molecule has 5 heteroatoms. The van der Waals surface area contributed by atoms with E-state index in [9.17, 15) is 0 Å². The number of hydrogen-bond acceptors (Lipinski definition) is 4. The molecule has 4 nitrogen and oxygen atoms in total. The Kier molecular flexibility index (Phi) is 3.07. The fraction of sp³-hybridized carbons (Fsp3) is 0.273. The van der Waals surface area contributed by atoms with E-state index >= 15 is 0 Å². The molecule has 0 amide bonds. The lowest BCUT2D eigenvalue weighted by molar-refractivity contribution is 0.380. The predicted molar refractivity (Wildman–Crippen MR) is 64.8 cm³/mol. The van der Waals surface area contributed by atoms with Gasteiger partial charge in [-0.05, 0) is 41.4 Å². The minimum Gasteiger partial charge on any atom is -0.338 e. The first kappa shape index (κ1) is 11.3. The van der Waals surface area contributed by atoms with Gasteiger partial charge in [0.25, 0.3) is 0 Å². The summed E-state index contributed by atoms with van der Waals surface area (Å²) in [7, 11) is 0. The average molecular weight is 282 g/mol. The molecule has 0 atom stereocenters. The highest BCUT2D eigenvalue weighted by Gasteiger charge is 2.12. The summed E-state index contributed by atoms with van der Waals surface area (Å²) < 4.78 is 5.98. The quantitative estimate of drug-likeness (QED) is 0.919. The molecule has 0 aliphatic carbocycles. The highest BCUT2D eigenvalue weighted by molar-refractivity contribution is 9.10. The molecule has 0 saturated carbocycles. The van der Waals surface area contributed by atoms with Gasteiger partial charge < -0.3 is 10.3 Å². The summed E-state index contributed by atoms with van der Waals surface area (Å²) in [5.41, 5.74) is 8.67. The summed E-state index contributed by atoms with van der Waals surface area (Å²) >= 11 is 3.53. The van der Waals surface area contributed by atoms with E-state index in [-0.39, 0.29) is 6.54 Å². The van der Waals surface area contributed by atoms with Gasteiger partial charge in [0.2, 0.25) is 11.7 Å². The zero-order valence-electron chi connectivity index (χ0n) is 9.12. The van der Waals surface area contributed by atoms with Crippen molar-refractivity contribution in [3.8, 4) is 11.4 Å². The van der Waals surface area contributed by atoms with Crippen LogP contribution in [0.2, 0.25) is 0 Å². The van der Waals surface area contributed by atoms with Crippen LogP contribution in [0, 0.1) is 13.8 Å². The van der Waals surface area contributed by atoms with Gasteiger partial charge in [-0.15, -0.1) is 0 Å². The van der Waals surface area contributed by atoms with Crippen molar-refractivity contribution in [3.05, 3.63) is 33.6 Å². The fourth-order valence-corrected chi connectivity index (χ4v) is 1.97. The molecule has 0 fully saturated rings. The number of nitrogens with two attached hydrogens (primary N) is 1. The molecule has 0 aliphatic rings. The van der Waals surface area contributed by atoms with Gasteiger partial charge in [-0.3, -0.25) is 0 Å². The number of benzene rings is 1. The average Bonchev–Trinajstić information content (AvgIpc) is 2.71. The third kappa shape index (κ3) is 2.01. The Labute approximate surface area is 102 Å². The largest absolute Gasteiger partial charge is 0.338 e. The number of aromatic nitrogens is 2. The van der Waals surface area contributed by atoms with Crippen molar-refractivity contribution in [2.24, 2.45) is 5.73 Å². The summed E-state index contributed by atoms with van der Waals surface area (Å²) in [6.45, 7) is 4.33. The summed E-state index contributed by atoms with van der Waals surface area (Å²) in [5.74, 6) is 1.01. The molecule has 0 unspecified atom stereocenters. The van der Waals surface area contributed by atoms with Crippen molar-refractivity contribution >= 4 is 15.9 Å². The van der Waals surface area contributed by atoms with Gasteiger partial charge >= 0.3 is 0 Å². The molecule has 0 aliphatic heterocycles. The minimum absolute atomic E-state index is 0.259. The Balaban J connectivity index is 2.54. The monoisotopic (exact) mass is 281 g/mol. The second kappa shape index (κ2) is 4.35. The third-order valence-electron chi connectivity index (χ3n) is 2.28. The molecule has 0 saturated heterocycles. The molecule has 16 heavy (non-hydrogen) atoms. The summed E-state index contributed by atoms with van der Waals surface area (Å²) in [4.78, 5) is 4.21. The third-order valence-corrected chi connectivity index (χ3v) is 3.34. The first-order valence-corrected chi connectivity index (χ1v) is 5.71. The van der Waals surface area contributed by atoms with E-state index in [4.69, 9.17) is 10.3 Å². The molecule has 2 rings (SSSR count). The van der Waals surface area contributed by atoms with E-state index < -0.39 is 0 Å². The fourth-order valence-electron chi connectivity index (χ4n) is 1.56. The predicted octanol–water partition coefficient (Wildman–Crippen LogP) is 2.57. The van der Waals surface area contributed by atoms with Crippen molar-refractivity contribution in [1.29, 1.82) is 0 Å². The zero-order valence-corrected chi connectivity index (χ0v) is 10.7. The van der Waals surface area contributed by atoms with Crippen LogP contribution >= 0.6 is 15.9 Å². The highest BCUT2D eigenvalue weighted by atomic mass is 79.9. The van der Waals surface area contributed by atoms with Gasteiger partial charge in [-0.2, -0.15) is 4.98 Å². The first-order valence-electron chi connectivity index (χ1n) is 4.91. The van der Waals surface area contributed by atoms with Crippen LogP contribution in [0.3, 0.4) is 0 Å². The lowest BCUT2D eigenvalue weighted by atomic mass is 10.1. The molecule has 1 aromatic heterocycles. The van der Waals surface area contributed by atoms with E-state index in [1.807, 2.05) is 19.9 Å². The Morgan fingerprint density at radius 1 is 1.38 bits per heavy atom. The maximum Gasteiger partial charge on any atom is 0.240 e. The molecule has 1 aromatic carbocycles. The summed E-state index contributed by atoms with van der Waals surface area (Å²) in [6.07, 6.45) is 0. The van der Waals surface area contributed by atoms with Crippen LogP contribution in [0.15, 0.2) is 21.1 Å². The summed E-state index contributed by atoms with van der Waals surface area (Å²) in [5, 5.41) is 3.90. The number of halogens is 1. The second-order valence-electron chi connectivity index (χ2n) is 3.66. The molecule has 2 aromatic rings. The number of aryl methyl sites for hydroxylation is 2. The topological polar surface area (TPSA) is 64.9 Å². The second-order valence-corrected chi connectivity index (χ2v) is 4.45. The number of hydrogen-bond donors (Lipinski definition) is 1. The van der Waals surface area contributed by atoms with Crippen molar-refractivity contribution in [1.82, 2.24) is 10.1 Å². The van der Waals surface area contributed by atoms with Gasteiger partial charge in [0.15, 0.2) is 0 Å².